The van der Waals surface area contributed by atoms with E-state index < -0.39 is 0 Å². The highest BCUT2D eigenvalue weighted by Gasteiger charge is 2.15. The van der Waals surface area contributed by atoms with Gasteiger partial charge in [0.05, 0.1) is 12.1 Å². The normalized spacial score (nSPS) is 15.0. The molecule has 31 heavy (non-hydrogen) atoms. The minimum absolute atomic E-state index is 0.0158. The standard InChI is InChI=1S/C25H32N4O2/c1-18-16-23-24(17-19(18)2)29(28-27-23)14-7-15-31-22-12-10-20(11-13-22)25(30)26-21-8-5-3-4-6-9-21/h10-13,16-17,21H,3-9,14-15H2,1-2H3,(H,26,30). The summed E-state index contributed by atoms with van der Waals surface area (Å²) in [4.78, 5) is 12.5. The fourth-order valence-electron chi connectivity index (χ4n) is 4.19. The smallest absolute Gasteiger partial charge is 0.251 e. The van der Waals surface area contributed by atoms with Crippen LogP contribution in [0, 0.1) is 13.8 Å². The zero-order chi connectivity index (χ0) is 21.6. The van der Waals surface area contributed by atoms with Gasteiger partial charge in [0.2, 0.25) is 0 Å². The molecule has 2 aromatic carbocycles. The number of hydrogen-bond donors (Lipinski definition) is 1. The molecular formula is C25H32N4O2. The van der Waals surface area contributed by atoms with Crippen molar-refractivity contribution in [2.75, 3.05) is 6.61 Å². The highest BCUT2D eigenvalue weighted by molar-refractivity contribution is 5.94. The lowest BCUT2D eigenvalue weighted by Crippen LogP contribution is -2.34. The van der Waals surface area contributed by atoms with Crippen LogP contribution >= 0.6 is 0 Å². The van der Waals surface area contributed by atoms with Crippen LogP contribution in [0.2, 0.25) is 0 Å². The second-order valence-electron chi connectivity index (χ2n) is 8.63. The van der Waals surface area contributed by atoms with Crippen molar-refractivity contribution >= 4 is 16.9 Å². The second-order valence-corrected chi connectivity index (χ2v) is 8.63. The third kappa shape index (κ3) is 5.43. The van der Waals surface area contributed by atoms with Crippen LogP contribution in [-0.4, -0.2) is 33.5 Å². The minimum Gasteiger partial charge on any atom is -0.494 e. The van der Waals surface area contributed by atoms with E-state index >= 15 is 0 Å². The summed E-state index contributed by atoms with van der Waals surface area (Å²) in [5.41, 5.74) is 5.16. The summed E-state index contributed by atoms with van der Waals surface area (Å²) in [6.45, 7) is 5.53. The first-order valence-corrected chi connectivity index (χ1v) is 11.4. The Balaban J connectivity index is 1.25. The quantitative estimate of drug-likeness (QED) is 0.433. The maximum Gasteiger partial charge on any atom is 0.251 e. The van der Waals surface area contributed by atoms with Crippen molar-refractivity contribution in [1.29, 1.82) is 0 Å². The summed E-state index contributed by atoms with van der Waals surface area (Å²) >= 11 is 0. The first-order chi connectivity index (χ1) is 15.1. The number of carbonyl (C=O) groups is 1. The zero-order valence-electron chi connectivity index (χ0n) is 18.6. The van der Waals surface area contributed by atoms with Crippen molar-refractivity contribution in [2.45, 2.75) is 71.4 Å². The molecule has 1 aromatic heterocycles. The van der Waals surface area contributed by atoms with Gasteiger partial charge in [-0.05, 0) is 74.2 Å². The molecule has 0 aliphatic heterocycles. The molecule has 1 amide bonds. The molecule has 0 radical (unpaired) electrons. The maximum atomic E-state index is 12.5. The molecule has 3 aromatic rings. The number of hydrogen-bond acceptors (Lipinski definition) is 4. The van der Waals surface area contributed by atoms with E-state index in [4.69, 9.17) is 4.74 Å². The van der Waals surface area contributed by atoms with Crippen molar-refractivity contribution in [3.8, 4) is 5.75 Å². The van der Waals surface area contributed by atoms with Crippen LogP contribution in [0.3, 0.4) is 0 Å². The van der Waals surface area contributed by atoms with Crippen LogP contribution in [-0.2, 0) is 6.54 Å². The molecule has 1 heterocycles. The van der Waals surface area contributed by atoms with Crippen molar-refractivity contribution in [3.63, 3.8) is 0 Å². The summed E-state index contributed by atoms with van der Waals surface area (Å²) in [7, 11) is 0. The zero-order valence-corrected chi connectivity index (χ0v) is 18.6. The lowest BCUT2D eigenvalue weighted by molar-refractivity contribution is 0.0933. The molecule has 1 saturated carbocycles. The molecule has 0 spiro atoms. The highest BCUT2D eigenvalue weighted by Crippen LogP contribution is 2.19. The second kappa shape index (κ2) is 9.94. The number of nitrogens with zero attached hydrogens (tertiary/aromatic N) is 3. The van der Waals surface area contributed by atoms with Crippen LogP contribution in [0.1, 0.15) is 66.4 Å². The average Bonchev–Trinajstić information content (AvgIpc) is 2.97. The Labute approximate surface area is 184 Å². The molecule has 4 rings (SSSR count). The van der Waals surface area contributed by atoms with Crippen molar-refractivity contribution < 1.29 is 9.53 Å². The van der Waals surface area contributed by atoms with Crippen molar-refractivity contribution in [2.24, 2.45) is 0 Å². The largest absolute Gasteiger partial charge is 0.494 e. The first-order valence-electron chi connectivity index (χ1n) is 11.4. The molecular weight excluding hydrogens is 388 g/mol. The molecule has 0 unspecified atom stereocenters. The van der Waals surface area contributed by atoms with Crippen LogP contribution < -0.4 is 10.1 Å². The molecule has 6 heteroatoms. The summed E-state index contributed by atoms with van der Waals surface area (Å²) in [5, 5.41) is 11.7. The van der Waals surface area contributed by atoms with E-state index in [2.05, 4.69) is 41.6 Å². The number of aromatic nitrogens is 3. The monoisotopic (exact) mass is 420 g/mol. The number of amides is 1. The predicted octanol–water partition coefficient (Wildman–Crippen LogP) is 4.97. The van der Waals surface area contributed by atoms with Gasteiger partial charge in [-0.25, -0.2) is 4.68 Å². The molecule has 0 bridgehead atoms. The van der Waals surface area contributed by atoms with Gasteiger partial charge in [0.1, 0.15) is 11.3 Å². The summed E-state index contributed by atoms with van der Waals surface area (Å²) in [5.74, 6) is 0.794. The lowest BCUT2D eigenvalue weighted by Gasteiger charge is -2.16. The number of nitrogens with one attached hydrogen (secondary N) is 1. The Morgan fingerprint density at radius 2 is 1.77 bits per heavy atom. The lowest BCUT2D eigenvalue weighted by atomic mass is 10.1. The van der Waals surface area contributed by atoms with Gasteiger partial charge in [-0.3, -0.25) is 4.79 Å². The Bertz CT molecular complexity index is 1020. The Morgan fingerprint density at radius 1 is 1.06 bits per heavy atom. The fraction of sp³-hybridized carbons (Fsp3) is 0.480. The van der Waals surface area contributed by atoms with E-state index in [1.165, 1.54) is 36.8 Å². The van der Waals surface area contributed by atoms with E-state index in [1.54, 1.807) is 0 Å². The molecule has 6 nitrogen and oxygen atoms in total. The van der Waals surface area contributed by atoms with Crippen LogP contribution in [0.5, 0.6) is 5.75 Å². The van der Waals surface area contributed by atoms with Gasteiger partial charge in [0.15, 0.2) is 0 Å². The van der Waals surface area contributed by atoms with Gasteiger partial charge in [-0.2, -0.15) is 0 Å². The number of carbonyl (C=O) groups excluding carboxylic acids is 1. The molecule has 1 aliphatic rings. The van der Waals surface area contributed by atoms with Crippen molar-refractivity contribution in [3.05, 3.63) is 53.1 Å². The SMILES string of the molecule is Cc1cc2nnn(CCCOc3ccc(C(=O)NC4CCCCCC4)cc3)c2cc1C. The number of benzene rings is 2. The van der Waals surface area contributed by atoms with Gasteiger partial charge >= 0.3 is 0 Å². The van der Waals surface area contributed by atoms with Crippen LogP contribution in [0.15, 0.2) is 36.4 Å². The summed E-state index contributed by atoms with van der Waals surface area (Å²) in [6, 6.07) is 12.0. The third-order valence-electron chi connectivity index (χ3n) is 6.22. The molecule has 1 fully saturated rings. The van der Waals surface area contributed by atoms with Crippen LogP contribution in [0.4, 0.5) is 0 Å². The number of fused-ring (bicyclic) bond motifs is 1. The van der Waals surface area contributed by atoms with E-state index in [1.807, 2.05) is 28.9 Å². The number of rotatable bonds is 7. The molecule has 1 aliphatic carbocycles. The van der Waals surface area contributed by atoms with E-state index in [0.717, 1.165) is 42.6 Å². The predicted molar refractivity (Wildman–Crippen MR) is 123 cm³/mol. The van der Waals surface area contributed by atoms with E-state index in [9.17, 15) is 4.79 Å². The van der Waals surface area contributed by atoms with Crippen LogP contribution in [0.25, 0.3) is 11.0 Å². The fourth-order valence-corrected chi connectivity index (χ4v) is 4.19. The molecule has 0 atom stereocenters. The van der Waals surface area contributed by atoms with Gasteiger partial charge in [0.25, 0.3) is 5.91 Å². The molecule has 0 saturated heterocycles. The van der Waals surface area contributed by atoms with Crippen molar-refractivity contribution in [1.82, 2.24) is 20.3 Å². The van der Waals surface area contributed by atoms with Gasteiger partial charge < -0.3 is 10.1 Å². The van der Waals surface area contributed by atoms with Gasteiger partial charge in [-0.1, -0.05) is 30.9 Å². The number of ether oxygens (including phenoxy) is 1. The summed E-state index contributed by atoms with van der Waals surface area (Å²) < 4.78 is 7.80. The average molecular weight is 421 g/mol. The topological polar surface area (TPSA) is 69.0 Å². The molecule has 1 N–H and O–H groups in total. The Morgan fingerprint density at radius 3 is 2.52 bits per heavy atom. The molecule has 164 valence electrons. The Kier molecular flexibility index (Phi) is 6.85. The maximum absolute atomic E-state index is 12.5. The minimum atomic E-state index is 0.0158. The first kappa shape index (κ1) is 21.3. The Hall–Kier alpha value is -2.89. The van der Waals surface area contributed by atoms with Gasteiger partial charge in [0, 0.05) is 24.6 Å². The highest BCUT2D eigenvalue weighted by atomic mass is 16.5. The third-order valence-corrected chi connectivity index (χ3v) is 6.22. The summed E-state index contributed by atoms with van der Waals surface area (Å²) in [6.07, 6.45) is 7.99. The van der Waals surface area contributed by atoms with E-state index in [-0.39, 0.29) is 5.91 Å². The van der Waals surface area contributed by atoms with E-state index in [0.29, 0.717) is 18.2 Å². The van der Waals surface area contributed by atoms with Gasteiger partial charge in [-0.15, -0.1) is 5.10 Å². The number of aryl methyl sites for hydroxylation is 3.